The lowest BCUT2D eigenvalue weighted by Gasteiger charge is -2.05. The molecular weight excluding hydrogens is 184 g/mol. The highest BCUT2D eigenvalue weighted by molar-refractivity contribution is 5.64. The molecule has 1 aromatic carbocycles. The van der Waals surface area contributed by atoms with Gasteiger partial charge in [-0.3, -0.25) is 0 Å². The smallest absolute Gasteiger partial charge is 0.113 e. The first-order chi connectivity index (χ1) is 7.27. The molecule has 0 N–H and O–H groups in total. The van der Waals surface area contributed by atoms with E-state index in [1.165, 1.54) is 6.26 Å². The third-order valence-corrected chi connectivity index (χ3v) is 2.07. The summed E-state index contributed by atoms with van der Waals surface area (Å²) in [5.41, 5.74) is 2.27. The van der Waals surface area contributed by atoms with E-state index in [1.807, 2.05) is 49.4 Å². The summed E-state index contributed by atoms with van der Waals surface area (Å²) in [6, 6.07) is 8.09. The number of hydrogen-bond donors (Lipinski definition) is 0. The van der Waals surface area contributed by atoms with Crippen LogP contribution in [0.1, 0.15) is 18.1 Å². The molecule has 0 aliphatic carbocycles. The second kappa shape index (κ2) is 5.86. The van der Waals surface area contributed by atoms with E-state index in [0.29, 0.717) is 0 Å². The first kappa shape index (κ1) is 11.3. The molecule has 15 heavy (non-hydrogen) atoms. The van der Waals surface area contributed by atoms with Crippen molar-refractivity contribution in [2.45, 2.75) is 13.0 Å². The maximum Gasteiger partial charge on any atom is 0.113 e. The number of hydrogen-bond acceptors (Lipinski definition) is 1. The Labute approximate surface area is 91.4 Å². The van der Waals surface area contributed by atoms with Gasteiger partial charge in [0.15, 0.2) is 0 Å². The summed E-state index contributed by atoms with van der Waals surface area (Å²) in [7, 11) is 0. The van der Waals surface area contributed by atoms with Crippen molar-refractivity contribution in [3.05, 3.63) is 60.9 Å². The van der Waals surface area contributed by atoms with Gasteiger partial charge in [0.1, 0.15) is 6.10 Å². The highest BCUT2D eigenvalue weighted by atomic mass is 16.5. The molecule has 0 radical (unpaired) electrons. The molecule has 1 rings (SSSR count). The molecule has 0 bridgehead atoms. The molecule has 1 aromatic rings. The van der Waals surface area contributed by atoms with Crippen LogP contribution in [0.3, 0.4) is 0 Å². The SMILES string of the molecule is C=COC(C)/C=C\c1ccccc1C=C. The normalized spacial score (nSPS) is 12.3. The molecule has 0 saturated heterocycles. The zero-order chi connectivity index (χ0) is 11.1. The van der Waals surface area contributed by atoms with Crippen molar-refractivity contribution in [1.29, 1.82) is 0 Å². The maximum absolute atomic E-state index is 5.19. The van der Waals surface area contributed by atoms with Crippen LogP contribution < -0.4 is 0 Å². The topological polar surface area (TPSA) is 9.23 Å². The number of ether oxygens (including phenoxy) is 1. The predicted molar refractivity (Wildman–Crippen MR) is 66.3 cm³/mol. The summed E-state index contributed by atoms with van der Waals surface area (Å²) < 4.78 is 5.19. The van der Waals surface area contributed by atoms with Gasteiger partial charge in [0, 0.05) is 0 Å². The maximum atomic E-state index is 5.19. The molecule has 0 fully saturated rings. The van der Waals surface area contributed by atoms with Crippen LogP contribution in [0, 0.1) is 0 Å². The molecule has 1 nitrogen and oxygen atoms in total. The third kappa shape index (κ3) is 3.47. The molecule has 1 unspecified atom stereocenters. The minimum absolute atomic E-state index is 0.0420. The molecule has 78 valence electrons. The highest BCUT2D eigenvalue weighted by Crippen LogP contribution is 2.12. The van der Waals surface area contributed by atoms with E-state index >= 15 is 0 Å². The van der Waals surface area contributed by atoms with Crippen molar-refractivity contribution in [3.63, 3.8) is 0 Å². The van der Waals surface area contributed by atoms with E-state index in [2.05, 4.69) is 13.2 Å². The summed E-state index contributed by atoms with van der Waals surface area (Å²) >= 11 is 0. The standard InChI is InChI=1S/C14H16O/c1-4-13-8-6-7-9-14(13)11-10-12(3)15-5-2/h4-12H,1-2H2,3H3/b11-10-. The molecule has 0 amide bonds. The van der Waals surface area contributed by atoms with E-state index in [0.717, 1.165) is 11.1 Å². The van der Waals surface area contributed by atoms with Gasteiger partial charge in [-0.1, -0.05) is 49.6 Å². The van der Waals surface area contributed by atoms with Gasteiger partial charge in [0.25, 0.3) is 0 Å². The van der Waals surface area contributed by atoms with Crippen LogP contribution in [0.25, 0.3) is 12.2 Å². The molecule has 0 aliphatic rings. The Morgan fingerprint density at radius 1 is 1.20 bits per heavy atom. The molecule has 1 atom stereocenters. The molecule has 0 saturated carbocycles. The van der Waals surface area contributed by atoms with Gasteiger partial charge in [-0.2, -0.15) is 0 Å². The van der Waals surface area contributed by atoms with Crippen LogP contribution >= 0.6 is 0 Å². The quantitative estimate of drug-likeness (QED) is 0.655. The van der Waals surface area contributed by atoms with Crippen molar-refractivity contribution in [2.24, 2.45) is 0 Å². The van der Waals surface area contributed by atoms with Gasteiger partial charge in [-0.25, -0.2) is 0 Å². The first-order valence-corrected chi connectivity index (χ1v) is 4.94. The second-order valence-corrected chi connectivity index (χ2v) is 3.20. The zero-order valence-corrected chi connectivity index (χ0v) is 9.02. The monoisotopic (exact) mass is 200 g/mol. The third-order valence-electron chi connectivity index (χ3n) is 2.07. The first-order valence-electron chi connectivity index (χ1n) is 4.94. The Kier molecular flexibility index (Phi) is 4.42. The van der Waals surface area contributed by atoms with Gasteiger partial charge < -0.3 is 4.74 Å². The number of rotatable bonds is 5. The highest BCUT2D eigenvalue weighted by Gasteiger charge is 1.95. The van der Waals surface area contributed by atoms with Crippen molar-refractivity contribution in [1.82, 2.24) is 0 Å². The van der Waals surface area contributed by atoms with E-state index in [1.54, 1.807) is 0 Å². The Balaban J connectivity index is 2.79. The number of benzene rings is 1. The zero-order valence-electron chi connectivity index (χ0n) is 9.02. The van der Waals surface area contributed by atoms with Crippen LogP contribution in [0.2, 0.25) is 0 Å². The summed E-state index contributed by atoms with van der Waals surface area (Å²) in [4.78, 5) is 0. The van der Waals surface area contributed by atoms with Crippen LogP contribution in [0.5, 0.6) is 0 Å². The fourth-order valence-electron chi connectivity index (χ4n) is 1.28. The molecule has 0 spiro atoms. The second-order valence-electron chi connectivity index (χ2n) is 3.20. The lowest BCUT2D eigenvalue weighted by molar-refractivity contribution is 0.206. The van der Waals surface area contributed by atoms with Crippen LogP contribution in [0.15, 0.2) is 49.8 Å². The fourth-order valence-corrected chi connectivity index (χ4v) is 1.28. The van der Waals surface area contributed by atoms with Crippen LogP contribution in [-0.4, -0.2) is 6.10 Å². The minimum Gasteiger partial charge on any atom is -0.495 e. The van der Waals surface area contributed by atoms with Crippen molar-refractivity contribution in [2.75, 3.05) is 0 Å². The average Bonchev–Trinajstić information content (AvgIpc) is 2.27. The van der Waals surface area contributed by atoms with Gasteiger partial charge in [0.05, 0.1) is 6.26 Å². The van der Waals surface area contributed by atoms with Crippen LogP contribution in [-0.2, 0) is 4.74 Å². The molecular formula is C14H16O. The van der Waals surface area contributed by atoms with Crippen molar-refractivity contribution < 1.29 is 4.74 Å². The van der Waals surface area contributed by atoms with Crippen LogP contribution in [0.4, 0.5) is 0 Å². The Morgan fingerprint density at radius 3 is 2.47 bits per heavy atom. The van der Waals surface area contributed by atoms with Gasteiger partial charge in [0.2, 0.25) is 0 Å². The lowest BCUT2D eigenvalue weighted by atomic mass is 10.1. The summed E-state index contributed by atoms with van der Waals surface area (Å²) in [6.07, 6.45) is 7.36. The van der Waals surface area contributed by atoms with E-state index < -0.39 is 0 Å². The largest absolute Gasteiger partial charge is 0.495 e. The Morgan fingerprint density at radius 2 is 1.87 bits per heavy atom. The Hall–Kier alpha value is -1.76. The average molecular weight is 200 g/mol. The van der Waals surface area contributed by atoms with Crippen molar-refractivity contribution in [3.8, 4) is 0 Å². The molecule has 0 heterocycles. The summed E-state index contributed by atoms with van der Waals surface area (Å²) in [5, 5.41) is 0. The van der Waals surface area contributed by atoms with E-state index in [-0.39, 0.29) is 6.10 Å². The van der Waals surface area contributed by atoms with Gasteiger partial charge >= 0.3 is 0 Å². The van der Waals surface area contributed by atoms with Gasteiger partial charge in [-0.05, 0) is 24.1 Å². The molecule has 1 heteroatoms. The lowest BCUT2D eigenvalue weighted by Crippen LogP contribution is -1.97. The fraction of sp³-hybridized carbons (Fsp3) is 0.143. The van der Waals surface area contributed by atoms with Gasteiger partial charge in [-0.15, -0.1) is 0 Å². The van der Waals surface area contributed by atoms with E-state index in [4.69, 9.17) is 4.74 Å². The predicted octanol–water partition coefficient (Wildman–Crippen LogP) is 3.89. The van der Waals surface area contributed by atoms with Crippen molar-refractivity contribution >= 4 is 12.2 Å². The minimum atomic E-state index is 0.0420. The van der Waals surface area contributed by atoms with E-state index in [9.17, 15) is 0 Å². The molecule has 0 aromatic heterocycles. The summed E-state index contributed by atoms with van der Waals surface area (Å²) in [6.45, 7) is 9.26. The molecule has 0 aliphatic heterocycles. The summed E-state index contributed by atoms with van der Waals surface area (Å²) in [5.74, 6) is 0. The Bertz CT molecular complexity index is 363.